The number of aromatic amines is 1. The van der Waals surface area contributed by atoms with Gasteiger partial charge < -0.3 is 5.11 Å². The van der Waals surface area contributed by atoms with Gasteiger partial charge in [0.1, 0.15) is 11.6 Å². The van der Waals surface area contributed by atoms with Crippen molar-refractivity contribution < 1.29 is 9.90 Å². The summed E-state index contributed by atoms with van der Waals surface area (Å²) in [6.07, 6.45) is 1.17. The highest BCUT2D eigenvalue weighted by molar-refractivity contribution is 5.95. The molecule has 0 spiro atoms. The van der Waals surface area contributed by atoms with Crippen molar-refractivity contribution in [1.82, 2.24) is 10.4 Å². The SMILES string of the molecule is Cc1c(C=NNC(=O)c2ccccc2)c(O)[nH]c(=O)c1C#N. The number of hydrogen-bond acceptors (Lipinski definition) is 5. The van der Waals surface area contributed by atoms with E-state index >= 15 is 0 Å². The van der Waals surface area contributed by atoms with Gasteiger partial charge in [0.15, 0.2) is 0 Å². The second kappa shape index (κ2) is 6.37. The van der Waals surface area contributed by atoms with E-state index in [1.54, 1.807) is 36.4 Å². The molecular weight excluding hydrogens is 284 g/mol. The molecule has 0 bridgehead atoms. The number of nitrogens with one attached hydrogen (secondary N) is 2. The van der Waals surface area contributed by atoms with Crippen LogP contribution < -0.4 is 11.0 Å². The number of nitrogens with zero attached hydrogens (tertiary/aromatic N) is 2. The lowest BCUT2D eigenvalue weighted by Crippen LogP contribution is -2.18. The van der Waals surface area contributed by atoms with E-state index in [0.29, 0.717) is 5.56 Å². The summed E-state index contributed by atoms with van der Waals surface area (Å²) < 4.78 is 0. The molecule has 0 saturated carbocycles. The Labute approximate surface area is 125 Å². The Bertz CT molecular complexity index is 832. The van der Waals surface area contributed by atoms with Crippen molar-refractivity contribution in [3.05, 3.63) is 62.9 Å². The predicted octanol–water partition coefficient (Wildman–Crippen LogP) is 1.02. The van der Waals surface area contributed by atoms with Crippen LogP contribution >= 0.6 is 0 Å². The predicted molar refractivity (Wildman–Crippen MR) is 79.7 cm³/mol. The zero-order chi connectivity index (χ0) is 16.1. The van der Waals surface area contributed by atoms with Crippen LogP contribution in [0.15, 0.2) is 40.2 Å². The van der Waals surface area contributed by atoms with Crippen molar-refractivity contribution in [3.8, 4) is 11.9 Å². The number of benzene rings is 1. The molecule has 3 N–H and O–H groups in total. The van der Waals surface area contributed by atoms with Crippen LogP contribution in [0, 0.1) is 18.3 Å². The van der Waals surface area contributed by atoms with Crippen LogP contribution in [0.1, 0.15) is 27.0 Å². The standard InChI is InChI=1S/C15H12N4O3/c1-9-11(7-16)14(21)18-15(22)12(9)8-17-19-13(20)10-5-3-2-4-6-10/h2-6,8H,1H3,(H,19,20)(H2,18,21,22). The number of hydrazone groups is 1. The van der Waals surface area contributed by atoms with Crippen molar-refractivity contribution in [3.63, 3.8) is 0 Å². The summed E-state index contributed by atoms with van der Waals surface area (Å²) in [4.78, 5) is 25.4. The zero-order valence-corrected chi connectivity index (χ0v) is 11.6. The Morgan fingerprint density at radius 3 is 2.73 bits per heavy atom. The summed E-state index contributed by atoms with van der Waals surface area (Å²) in [7, 11) is 0. The number of H-pyrrole nitrogens is 1. The van der Waals surface area contributed by atoms with Gasteiger partial charge in [-0.05, 0) is 24.6 Å². The summed E-state index contributed by atoms with van der Waals surface area (Å²) in [5, 5.41) is 22.3. The molecular formula is C15H12N4O3. The number of aromatic nitrogens is 1. The van der Waals surface area contributed by atoms with Crippen molar-refractivity contribution >= 4 is 12.1 Å². The molecule has 0 atom stereocenters. The van der Waals surface area contributed by atoms with E-state index in [1.165, 1.54) is 13.1 Å². The first-order chi connectivity index (χ1) is 10.5. The molecule has 7 heteroatoms. The zero-order valence-electron chi connectivity index (χ0n) is 11.6. The second-order valence-corrected chi connectivity index (χ2v) is 4.39. The smallest absolute Gasteiger partial charge is 0.271 e. The van der Waals surface area contributed by atoms with Gasteiger partial charge in [0.05, 0.1) is 11.8 Å². The minimum atomic E-state index is -0.678. The summed E-state index contributed by atoms with van der Waals surface area (Å²) in [6.45, 7) is 1.51. The molecule has 1 aromatic heterocycles. The third-order valence-corrected chi connectivity index (χ3v) is 3.00. The number of pyridine rings is 1. The number of carbonyl (C=O) groups excluding carboxylic acids is 1. The Balaban J connectivity index is 2.23. The van der Waals surface area contributed by atoms with Crippen molar-refractivity contribution in [1.29, 1.82) is 5.26 Å². The summed E-state index contributed by atoms with van der Waals surface area (Å²) >= 11 is 0. The Morgan fingerprint density at radius 1 is 1.41 bits per heavy atom. The first-order valence-corrected chi connectivity index (χ1v) is 6.29. The molecule has 0 aliphatic heterocycles. The van der Waals surface area contributed by atoms with E-state index in [4.69, 9.17) is 5.26 Å². The number of hydrogen-bond donors (Lipinski definition) is 3. The monoisotopic (exact) mass is 296 g/mol. The second-order valence-electron chi connectivity index (χ2n) is 4.39. The van der Waals surface area contributed by atoms with Gasteiger partial charge >= 0.3 is 0 Å². The fourth-order valence-corrected chi connectivity index (χ4v) is 1.82. The lowest BCUT2D eigenvalue weighted by Gasteiger charge is -2.04. The van der Waals surface area contributed by atoms with Gasteiger partial charge in [-0.3, -0.25) is 14.6 Å². The van der Waals surface area contributed by atoms with E-state index in [2.05, 4.69) is 15.5 Å². The van der Waals surface area contributed by atoms with E-state index < -0.39 is 17.3 Å². The number of rotatable bonds is 3. The summed E-state index contributed by atoms with van der Waals surface area (Å²) in [5.41, 5.74) is 2.37. The van der Waals surface area contributed by atoms with Crippen LogP contribution in [0.25, 0.3) is 0 Å². The molecule has 0 fully saturated rings. The van der Waals surface area contributed by atoms with Crippen LogP contribution in [0.4, 0.5) is 0 Å². The fourth-order valence-electron chi connectivity index (χ4n) is 1.82. The molecule has 0 aliphatic carbocycles. The van der Waals surface area contributed by atoms with Crippen molar-refractivity contribution in [2.24, 2.45) is 5.10 Å². The molecule has 1 heterocycles. The highest BCUT2D eigenvalue weighted by atomic mass is 16.3. The molecule has 0 unspecified atom stereocenters. The first kappa shape index (κ1) is 15.0. The minimum absolute atomic E-state index is 0.117. The van der Waals surface area contributed by atoms with Crippen LogP contribution in [0.5, 0.6) is 5.88 Å². The van der Waals surface area contributed by atoms with Gasteiger partial charge in [0, 0.05) is 5.56 Å². The third-order valence-electron chi connectivity index (χ3n) is 3.00. The molecule has 1 aromatic carbocycles. The number of amides is 1. The molecule has 2 aromatic rings. The summed E-state index contributed by atoms with van der Waals surface area (Å²) in [6, 6.07) is 10.2. The van der Waals surface area contributed by atoms with Gasteiger partial charge in [-0.25, -0.2) is 5.43 Å². The lowest BCUT2D eigenvalue weighted by molar-refractivity contribution is 0.0955. The molecule has 0 saturated heterocycles. The normalized spacial score (nSPS) is 10.4. The molecule has 7 nitrogen and oxygen atoms in total. The van der Waals surface area contributed by atoms with E-state index in [-0.39, 0.29) is 16.7 Å². The Hall–Kier alpha value is -3.40. The number of carbonyl (C=O) groups is 1. The van der Waals surface area contributed by atoms with Gasteiger partial charge in [0.25, 0.3) is 11.5 Å². The van der Waals surface area contributed by atoms with Gasteiger partial charge in [-0.2, -0.15) is 10.4 Å². The highest BCUT2D eigenvalue weighted by Gasteiger charge is 2.12. The molecule has 2 rings (SSSR count). The molecule has 1 amide bonds. The Kier molecular flexibility index (Phi) is 4.34. The number of nitriles is 1. The minimum Gasteiger partial charge on any atom is -0.494 e. The third kappa shape index (κ3) is 3.02. The van der Waals surface area contributed by atoms with E-state index in [1.807, 2.05) is 0 Å². The van der Waals surface area contributed by atoms with Crippen molar-refractivity contribution in [2.75, 3.05) is 0 Å². The van der Waals surface area contributed by atoms with Crippen LogP contribution in [-0.2, 0) is 0 Å². The van der Waals surface area contributed by atoms with Gasteiger partial charge in [0.2, 0.25) is 5.88 Å². The van der Waals surface area contributed by atoms with Gasteiger partial charge in [-0.1, -0.05) is 18.2 Å². The maximum Gasteiger partial charge on any atom is 0.271 e. The van der Waals surface area contributed by atoms with E-state index in [9.17, 15) is 14.7 Å². The average Bonchev–Trinajstić information content (AvgIpc) is 2.51. The molecule has 0 radical (unpaired) electrons. The van der Waals surface area contributed by atoms with Crippen molar-refractivity contribution in [2.45, 2.75) is 6.92 Å². The maximum atomic E-state index is 11.8. The Morgan fingerprint density at radius 2 is 2.09 bits per heavy atom. The molecule has 110 valence electrons. The van der Waals surface area contributed by atoms with Gasteiger partial charge in [-0.15, -0.1) is 0 Å². The fraction of sp³-hybridized carbons (Fsp3) is 0.0667. The average molecular weight is 296 g/mol. The molecule has 0 aliphatic rings. The summed E-state index contributed by atoms with van der Waals surface area (Å²) in [5.74, 6) is -0.835. The topological polar surface area (TPSA) is 118 Å². The molecule has 22 heavy (non-hydrogen) atoms. The lowest BCUT2D eigenvalue weighted by atomic mass is 10.1. The van der Waals surface area contributed by atoms with Crippen LogP contribution in [0.2, 0.25) is 0 Å². The quantitative estimate of drug-likeness (QED) is 0.579. The number of aromatic hydroxyl groups is 1. The van der Waals surface area contributed by atoms with Crippen LogP contribution in [0.3, 0.4) is 0 Å². The first-order valence-electron chi connectivity index (χ1n) is 6.29. The highest BCUT2D eigenvalue weighted by Crippen LogP contribution is 2.15. The van der Waals surface area contributed by atoms with Crippen LogP contribution in [-0.4, -0.2) is 22.2 Å². The van der Waals surface area contributed by atoms with E-state index in [0.717, 1.165) is 0 Å². The largest absolute Gasteiger partial charge is 0.494 e. The maximum absolute atomic E-state index is 11.8.